The number of sulfonamides is 1. The lowest BCUT2D eigenvalue weighted by molar-refractivity contribution is -0.147. The molecule has 13 nitrogen and oxygen atoms in total. The highest BCUT2D eigenvalue weighted by molar-refractivity contribution is 7.89. The van der Waals surface area contributed by atoms with Crippen LogP contribution in [0.25, 0.3) is 11.0 Å². The van der Waals surface area contributed by atoms with Crippen LogP contribution in [0.4, 0.5) is 0 Å². The van der Waals surface area contributed by atoms with Gasteiger partial charge in [-0.05, 0) is 95.4 Å². The molecule has 0 radical (unpaired) electrons. The number of benzene rings is 1. The first-order valence-electron chi connectivity index (χ1n) is 18.9. The number of pyridine rings is 1. The monoisotopic (exact) mass is 760 g/mol. The Balaban J connectivity index is 1.25. The minimum atomic E-state index is -4.11. The van der Waals surface area contributed by atoms with Gasteiger partial charge in [0.2, 0.25) is 21.8 Å². The molecule has 2 saturated heterocycles. The molecular formula is C40H52N6O7S. The molecule has 2 fully saturated rings. The van der Waals surface area contributed by atoms with Crippen LogP contribution in [-0.4, -0.2) is 100 Å². The van der Waals surface area contributed by atoms with Gasteiger partial charge in [0, 0.05) is 55.5 Å². The molecule has 54 heavy (non-hydrogen) atoms. The van der Waals surface area contributed by atoms with Gasteiger partial charge in [0.05, 0.1) is 30.9 Å². The zero-order valence-electron chi connectivity index (χ0n) is 32.2. The van der Waals surface area contributed by atoms with Crippen LogP contribution in [0.2, 0.25) is 0 Å². The van der Waals surface area contributed by atoms with E-state index in [0.717, 1.165) is 53.1 Å². The summed E-state index contributed by atoms with van der Waals surface area (Å²) in [6.07, 6.45) is 4.63. The highest BCUT2D eigenvalue weighted by Crippen LogP contribution is 2.44. The van der Waals surface area contributed by atoms with Crippen LogP contribution in [0.5, 0.6) is 11.8 Å². The molecule has 0 bridgehead atoms. The number of ether oxygens (including phenoxy) is 3. The predicted molar refractivity (Wildman–Crippen MR) is 203 cm³/mol. The standard InChI is InChI=1S/C40H52N6O7S/c1-26-10-11-29(34(39(4,5)38(47)48)32-23-30-21-28(3)42-43-35(30)44(32)6)22-31(26)24-46-25-40(12-17-51-18-13-40)53-37-33(54(46,49)50)20-27(2)36(41-37)52-19-16-45-14-8-7-9-15-45/h10-11,20-23,34H,7-9,12-19,24-25H2,1-6H3,(H,47,48). The van der Waals surface area contributed by atoms with Crippen LogP contribution in [-0.2, 0) is 33.1 Å². The predicted octanol–water partition coefficient (Wildman–Crippen LogP) is 5.53. The van der Waals surface area contributed by atoms with Crippen molar-refractivity contribution in [3.8, 4) is 11.8 Å². The second kappa shape index (κ2) is 14.9. The normalized spacial score (nSPS) is 19.6. The zero-order chi connectivity index (χ0) is 38.4. The second-order valence-electron chi connectivity index (χ2n) is 15.9. The summed E-state index contributed by atoms with van der Waals surface area (Å²) in [5, 5.41) is 20.1. The minimum absolute atomic E-state index is 0.0114. The first kappa shape index (κ1) is 38.2. The third-order valence-electron chi connectivity index (χ3n) is 11.5. The maximum absolute atomic E-state index is 14.7. The van der Waals surface area contributed by atoms with Crippen molar-refractivity contribution >= 4 is 27.0 Å². The lowest BCUT2D eigenvalue weighted by atomic mass is 9.72. The molecule has 14 heteroatoms. The second-order valence-corrected chi connectivity index (χ2v) is 17.8. The molecule has 1 atom stereocenters. The molecule has 4 aromatic rings. The van der Waals surface area contributed by atoms with Gasteiger partial charge in [-0.15, -0.1) is 5.10 Å². The lowest BCUT2D eigenvalue weighted by Crippen LogP contribution is -2.50. The van der Waals surface area contributed by atoms with E-state index in [1.54, 1.807) is 19.9 Å². The van der Waals surface area contributed by atoms with E-state index < -0.39 is 32.9 Å². The first-order chi connectivity index (χ1) is 25.7. The maximum Gasteiger partial charge on any atom is 0.310 e. The van der Waals surface area contributed by atoms with E-state index in [2.05, 4.69) is 15.1 Å². The Morgan fingerprint density at radius 1 is 1.02 bits per heavy atom. The van der Waals surface area contributed by atoms with Gasteiger partial charge in [-0.1, -0.05) is 24.6 Å². The number of fused-ring (bicyclic) bond motifs is 2. The summed E-state index contributed by atoms with van der Waals surface area (Å²) in [4.78, 5) is 20.0. The van der Waals surface area contributed by atoms with Gasteiger partial charge < -0.3 is 23.9 Å². The quantitative estimate of drug-likeness (QED) is 0.218. The number of aryl methyl sites for hydroxylation is 4. The topological polar surface area (TPSA) is 149 Å². The summed E-state index contributed by atoms with van der Waals surface area (Å²) in [6, 6.07) is 11.4. The summed E-state index contributed by atoms with van der Waals surface area (Å²) in [6.45, 7) is 13.4. The van der Waals surface area contributed by atoms with Crippen molar-refractivity contribution < 1.29 is 32.5 Å². The third-order valence-corrected chi connectivity index (χ3v) is 13.3. The summed E-state index contributed by atoms with van der Waals surface area (Å²) >= 11 is 0. The van der Waals surface area contributed by atoms with E-state index >= 15 is 0 Å². The van der Waals surface area contributed by atoms with E-state index in [1.807, 2.05) is 62.7 Å². The van der Waals surface area contributed by atoms with Gasteiger partial charge in [-0.3, -0.25) is 9.69 Å². The number of nitrogens with zero attached hydrogens (tertiary/aromatic N) is 6. The van der Waals surface area contributed by atoms with Crippen molar-refractivity contribution in [3.63, 3.8) is 0 Å². The Bertz CT molecular complexity index is 2160. The summed E-state index contributed by atoms with van der Waals surface area (Å²) < 4.78 is 51.4. The van der Waals surface area contributed by atoms with Crippen molar-refractivity contribution in [1.29, 1.82) is 0 Å². The molecular weight excluding hydrogens is 709 g/mol. The number of piperidine rings is 1. The van der Waals surface area contributed by atoms with Crippen molar-refractivity contribution in [1.82, 2.24) is 29.0 Å². The van der Waals surface area contributed by atoms with Gasteiger partial charge >= 0.3 is 5.97 Å². The fraction of sp³-hybridized carbons (Fsp3) is 0.550. The Hall–Kier alpha value is -4.11. The van der Waals surface area contributed by atoms with Gasteiger partial charge in [0.25, 0.3) is 0 Å². The number of carbonyl (C=O) groups is 1. The molecule has 1 N–H and O–H groups in total. The average Bonchev–Trinajstić information content (AvgIpc) is 3.41. The Morgan fingerprint density at radius 2 is 1.76 bits per heavy atom. The van der Waals surface area contributed by atoms with Gasteiger partial charge in [0.15, 0.2) is 5.65 Å². The highest BCUT2D eigenvalue weighted by atomic mass is 32.2. The number of likely N-dealkylation sites (tertiary alicyclic amines) is 1. The molecule has 3 aliphatic rings. The molecule has 3 aromatic heterocycles. The first-order valence-corrected chi connectivity index (χ1v) is 20.4. The van der Waals surface area contributed by atoms with Crippen LogP contribution in [0.3, 0.4) is 0 Å². The number of aliphatic carboxylic acids is 1. The van der Waals surface area contributed by atoms with E-state index in [-0.39, 0.29) is 23.9 Å². The van der Waals surface area contributed by atoms with Gasteiger partial charge in [-0.25, -0.2) is 8.42 Å². The number of rotatable bonds is 10. The highest BCUT2D eigenvalue weighted by Gasteiger charge is 2.46. The molecule has 0 amide bonds. The van der Waals surface area contributed by atoms with Gasteiger partial charge in [-0.2, -0.15) is 14.4 Å². The fourth-order valence-electron chi connectivity index (χ4n) is 8.18. The molecule has 7 rings (SSSR count). The van der Waals surface area contributed by atoms with E-state index in [1.165, 1.54) is 23.6 Å². The van der Waals surface area contributed by atoms with Crippen LogP contribution >= 0.6 is 0 Å². The molecule has 0 aliphatic carbocycles. The van der Waals surface area contributed by atoms with Crippen molar-refractivity contribution in [2.45, 2.75) is 89.7 Å². The molecule has 6 heterocycles. The lowest BCUT2D eigenvalue weighted by Gasteiger charge is -2.38. The van der Waals surface area contributed by atoms with E-state index in [0.29, 0.717) is 49.8 Å². The van der Waals surface area contributed by atoms with Crippen molar-refractivity contribution in [2.24, 2.45) is 12.5 Å². The number of aromatic nitrogens is 4. The average molecular weight is 761 g/mol. The van der Waals surface area contributed by atoms with Crippen LogP contribution in [0.15, 0.2) is 41.3 Å². The van der Waals surface area contributed by atoms with Crippen molar-refractivity contribution in [2.75, 3.05) is 46.0 Å². The maximum atomic E-state index is 14.7. The number of hydrogen-bond acceptors (Lipinski definition) is 10. The largest absolute Gasteiger partial charge is 0.481 e. The van der Waals surface area contributed by atoms with Crippen LogP contribution in [0, 0.1) is 26.2 Å². The van der Waals surface area contributed by atoms with E-state index in [4.69, 9.17) is 19.2 Å². The molecule has 1 aromatic carbocycles. The SMILES string of the molecule is Cc1cc2cc(C(c3ccc(C)c(CN4CC5(CCOCC5)Oc5nc(OCCN6CCCCC6)c(C)cc5S4(=O)=O)c3)C(C)(C)C(=O)O)n(C)c2nn1. The fourth-order valence-corrected chi connectivity index (χ4v) is 9.80. The molecule has 290 valence electrons. The van der Waals surface area contributed by atoms with Crippen LogP contribution < -0.4 is 9.47 Å². The number of carboxylic acid groups (broad SMARTS) is 1. The molecule has 1 unspecified atom stereocenters. The Labute approximate surface area is 317 Å². The van der Waals surface area contributed by atoms with E-state index in [9.17, 15) is 18.3 Å². The molecule has 0 saturated carbocycles. The number of carboxylic acids is 1. The smallest absolute Gasteiger partial charge is 0.310 e. The zero-order valence-corrected chi connectivity index (χ0v) is 33.0. The Morgan fingerprint density at radius 3 is 2.48 bits per heavy atom. The minimum Gasteiger partial charge on any atom is -0.481 e. The van der Waals surface area contributed by atoms with Crippen molar-refractivity contribution in [3.05, 3.63) is 70.0 Å². The number of hydrogen-bond donors (Lipinski definition) is 1. The summed E-state index contributed by atoms with van der Waals surface area (Å²) in [7, 11) is -2.24. The van der Waals surface area contributed by atoms with Crippen LogP contribution in [0.1, 0.15) is 85.5 Å². The summed E-state index contributed by atoms with van der Waals surface area (Å²) in [5.41, 5.74) is 3.13. The molecule has 3 aliphatic heterocycles. The van der Waals surface area contributed by atoms with Gasteiger partial charge in [0.1, 0.15) is 17.1 Å². The third kappa shape index (κ3) is 7.33. The molecule has 1 spiro atoms. The Kier molecular flexibility index (Phi) is 10.5. The summed E-state index contributed by atoms with van der Waals surface area (Å²) in [5.74, 6) is -1.12.